The molecule has 0 amide bonds. The second-order valence-corrected chi connectivity index (χ2v) is 5.07. The molecule has 4 heteroatoms. The molecule has 1 aromatic carbocycles. The van der Waals surface area contributed by atoms with Gasteiger partial charge in [0.05, 0.1) is 0 Å². The van der Waals surface area contributed by atoms with E-state index in [4.69, 9.17) is 9.47 Å². The van der Waals surface area contributed by atoms with E-state index in [9.17, 15) is 9.59 Å². The Kier molecular flexibility index (Phi) is 7.37. The highest BCUT2D eigenvalue weighted by molar-refractivity contribution is 5.69. The van der Waals surface area contributed by atoms with Gasteiger partial charge in [-0.1, -0.05) is 44.5 Å². The topological polar surface area (TPSA) is 52.6 Å². The van der Waals surface area contributed by atoms with Gasteiger partial charge in [-0.05, 0) is 30.0 Å². The molecule has 0 aromatic heterocycles. The Balaban J connectivity index is 3.14. The summed E-state index contributed by atoms with van der Waals surface area (Å²) in [6, 6.07) is 8.06. The number of rotatable bonds is 7. The Hall–Kier alpha value is -2.10. The van der Waals surface area contributed by atoms with Gasteiger partial charge >= 0.3 is 11.9 Å². The van der Waals surface area contributed by atoms with Gasteiger partial charge in [0.25, 0.3) is 6.29 Å². The van der Waals surface area contributed by atoms with Crippen molar-refractivity contribution in [1.29, 1.82) is 0 Å². The van der Waals surface area contributed by atoms with Gasteiger partial charge in [0.1, 0.15) is 0 Å². The van der Waals surface area contributed by atoms with Crippen molar-refractivity contribution in [2.45, 2.75) is 53.2 Å². The summed E-state index contributed by atoms with van der Waals surface area (Å²) < 4.78 is 10.3. The second kappa shape index (κ2) is 9.03. The number of aryl methyl sites for hydroxylation is 1. The van der Waals surface area contributed by atoms with Gasteiger partial charge < -0.3 is 9.47 Å². The van der Waals surface area contributed by atoms with E-state index in [1.165, 1.54) is 19.4 Å². The predicted molar refractivity (Wildman–Crippen MR) is 86.0 cm³/mol. The fourth-order valence-corrected chi connectivity index (χ4v) is 2.19. The molecule has 0 heterocycles. The molecule has 1 aromatic rings. The molecule has 0 bridgehead atoms. The lowest BCUT2D eigenvalue weighted by molar-refractivity contribution is -0.178. The van der Waals surface area contributed by atoms with E-state index in [2.05, 4.69) is 13.0 Å². The lowest BCUT2D eigenvalue weighted by atomic mass is 10.00. The first-order chi connectivity index (χ1) is 10.5. The first kappa shape index (κ1) is 18.0. The monoisotopic (exact) mass is 304 g/mol. The maximum absolute atomic E-state index is 11.2. The van der Waals surface area contributed by atoms with Gasteiger partial charge in [0, 0.05) is 19.4 Å². The lowest BCUT2D eigenvalue weighted by Gasteiger charge is -2.19. The van der Waals surface area contributed by atoms with Crippen LogP contribution in [0, 0.1) is 0 Å². The van der Waals surface area contributed by atoms with Crippen LogP contribution in [-0.2, 0) is 25.5 Å². The Bertz CT molecular complexity index is 530. The third-order valence-corrected chi connectivity index (χ3v) is 3.17. The van der Waals surface area contributed by atoms with E-state index >= 15 is 0 Å². The van der Waals surface area contributed by atoms with Crippen LogP contribution in [0.1, 0.15) is 51.7 Å². The molecule has 0 unspecified atom stereocenters. The molecular formula is C18H24O4. The molecule has 120 valence electrons. The zero-order valence-electron chi connectivity index (χ0n) is 13.7. The minimum Gasteiger partial charge on any atom is -0.421 e. The number of carbonyl (C=O) groups excluding carboxylic acids is 2. The van der Waals surface area contributed by atoms with E-state index in [1.54, 1.807) is 0 Å². The highest BCUT2D eigenvalue weighted by Crippen LogP contribution is 2.21. The molecule has 0 saturated heterocycles. The molecule has 0 aliphatic rings. The van der Waals surface area contributed by atoms with Crippen LogP contribution in [0.4, 0.5) is 0 Å². The quantitative estimate of drug-likeness (QED) is 0.566. The highest BCUT2D eigenvalue weighted by Gasteiger charge is 2.19. The van der Waals surface area contributed by atoms with Gasteiger partial charge in [0.2, 0.25) is 0 Å². The van der Waals surface area contributed by atoms with Crippen molar-refractivity contribution in [3.63, 3.8) is 0 Å². The molecule has 4 nitrogen and oxygen atoms in total. The highest BCUT2D eigenvalue weighted by atomic mass is 16.7. The number of esters is 2. The smallest absolute Gasteiger partial charge is 0.305 e. The number of ether oxygens (including phenoxy) is 2. The Morgan fingerprint density at radius 3 is 2.18 bits per heavy atom. The number of benzene rings is 1. The molecule has 0 spiro atoms. The van der Waals surface area contributed by atoms with E-state index in [0.717, 1.165) is 24.0 Å². The standard InChI is InChI=1S/C18H24O4/c1-5-9-16-10-7-8-11-17(16)12-15(6-2)18(21-13(3)19)22-14(4)20/h7-8,10-12,18H,5-6,9H2,1-4H3. The first-order valence-corrected chi connectivity index (χ1v) is 7.60. The molecule has 0 aliphatic carbocycles. The molecular weight excluding hydrogens is 280 g/mol. The van der Waals surface area contributed by atoms with Crippen LogP contribution in [0.3, 0.4) is 0 Å². The largest absolute Gasteiger partial charge is 0.421 e. The second-order valence-electron chi connectivity index (χ2n) is 5.07. The van der Waals surface area contributed by atoms with Gasteiger partial charge in [-0.15, -0.1) is 0 Å². The summed E-state index contributed by atoms with van der Waals surface area (Å²) >= 11 is 0. The first-order valence-electron chi connectivity index (χ1n) is 7.60. The summed E-state index contributed by atoms with van der Waals surface area (Å²) in [4.78, 5) is 22.5. The van der Waals surface area contributed by atoms with Crippen molar-refractivity contribution in [3.8, 4) is 0 Å². The summed E-state index contributed by atoms with van der Waals surface area (Å²) in [5, 5.41) is 0. The van der Waals surface area contributed by atoms with Crippen LogP contribution in [-0.4, -0.2) is 18.2 Å². The fraction of sp³-hybridized carbons (Fsp3) is 0.444. The molecule has 0 atom stereocenters. The predicted octanol–water partition coefficient (Wildman–Crippen LogP) is 3.88. The molecule has 1 rings (SSSR count). The van der Waals surface area contributed by atoms with Crippen molar-refractivity contribution in [1.82, 2.24) is 0 Å². The normalized spacial score (nSPS) is 11.4. The van der Waals surface area contributed by atoms with Crippen molar-refractivity contribution < 1.29 is 19.1 Å². The van der Waals surface area contributed by atoms with Crippen LogP contribution < -0.4 is 0 Å². The van der Waals surface area contributed by atoms with Crippen molar-refractivity contribution in [3.05, 3.63) is 41.0 Å². The average molecular weight is 304 g/mol. The maximum atomic E-state index is 11.2. The maximum Gasteiger partial charge on any atom is 0.305 e. The number of carbonyl (C=O) groups is 2. The van der Waals surface area contributed by atoms with Crippen LogP contribution in [0.2, 0.25) is 0 Å². The van der Waals surface area contributed by atoms with E-state index < -0.39 is 18.2 Å². The van der Waals surface area contributed by atoms with Gasteiger partial charge in [-0.2, -0.15) is 0 Å². The molecule has 0 radical (unpaired) electrons. The van der Waals surface area contributed by atoms with Gasteiger partial charge in [0.15, 0.2) is 0 Å². The third-order valence-electron chi connectivity index (χ3n) is 3.17. The van der Waals surface area contributed by atoms with E-state index in [1.807, 2.05) is 31.2 Å². The zero-order valence-corrected chi connectivity index (χ0v) is 13.7. The average Bonchev–Trinajstić information content (AvgIpc) is 2.45. The molecule has 0 fully saturated rings. The Labute approximate surface area is 132 Å². The molecule has 0 saturated carbocycles. The summed E-state index contributed by atoms with van der Waals surface area (Å²) in [5.74, 6) is -0.958. The van der Waals surface area contributed by atoms with Crippen LogP contribution in [0.5, 0.6) is 0 Å². The SMILES string of the molecule is CCCc1ccccc1C=C(CC)C(OC(C)=O)OC(C)=O. The summed E-state index contributed by atoms with van der Waals surface area (Å²) in [7, 11) is 0. The van der Waals surface area contributed by atoms with Crippen LogP contribution >= 0.6 is 0 Å². The van der Waals surface area contributed by atoms with Crippen molar-refractivity contribution in [2.24, 2.45) is 0 Å². The van der Waals surface area contributed by atoms with Crippen molar-refractivity contribution in [2.75, 3.05) is 0 Å². The van der Waals surface area contributed by atoms with Crippen LogP contribution in [0.15, 0.2) is 29.8 Å². The molecule has 0 N–H and O–H groups in total. The molecule has 22 heavy (non-hydrogen) atoms. The van der Waals surface area contributed by atoms with Crippen LogP contribution in [0.25, 0.3) is 6.08 Å². The minimum absolute atomic E-state index is 0.479. The summed E-state index contributed by atoms with van der Waals surface area (Å²) in [6.07, 6.45) is 3.61. The Morgan fingerprint density at radius 1 is 1.09 bits per heavy atom. The minimum atomic E-state index is -0.963. The fourth-order valence-electron chi connectivity index (χ4n) is 2.19. The number of hydrogen-bond donors (Lipinski definition) is 0. The van der Waals surface area contributed by atoms with Gasteiger partial charge in [-0.3, -0.25) is 9.59 Å². The third kappa shape index (κ3) is 5.72. The van der Waals surface area contributed by atoms with Gasteiger partial charge in [-0.25, -0.2) is 0 Å². The van der Waals surface area contributed by atoms with Crippen molar-refractivity contribution >= 4 is 18.0 Å². The zero-order chi connectivity index (χ0) is 16.5. The summed E-state index contributed by atoms with van der Waals surface area (Å²) in [6.45, 7) is 6.67. The van der Waals surface area contributed by atoms with E-state index in [0.29, 0.717) is 6.42 Å². The van der Waals surface area contributed by atoms with E-state index in [-0.39, 0.29) is 0 Å². The summed E-state index contributed by atoms with van der Waals surface area (Å²) in [5.41, 5.74) is 3.04. The lowest BCUT2D eigenvalue weighted by Crippen LogP contribution is -2.24. The number of hydrogen-bond acceptors (Lipinski definition) is 4. The Morgan fingerprint density at radius 2 is 1.68 bits per heavy atom. The molecule has 0 aliphatic heterocycles.